The summed E-state index contributed by atoms with van der Waals surface area (Å²) in [6, 6.07) is 5.95. The van der Waals surface area contributed by atoms with Crippen molar-refractivity contribution in [2.24, 2.45) is 0 Å². The van der Waals surface area contributed by atoms with E-state index in [0.29, 0.717) is 0 Å². The van der Waals surface area contributed by atoms with Crippen molar-refractivity contribution in [2.75, 3.05) is 7.11 Å². The van der Waals surface area contributed by atoms with Gasteiger partial charge in [-0.1, -0.05) is 6.07 Å². The van der Waals surface area contributed by atoms with Gasteiger partial charge in [-0.15, -0.1) is 0 Å². The molecule has 0 saturated carbocycles. The van der Waals surface area contributed by atoms with Crippen LogP contribution in [0.2, 0.25) is 0 Å². The molecular formula is C8H9BrOS. The van der Waals surface area contributed by atoms with E-state index in [9.17, 15) is 0 Å². The molecule has 0 spiro atoms. The molecule has 1 aromatic rings. The van der Waals surface area contributed by atoms with E-state index in [1.165, 1.54) is 0 Å². The first-order valence-electron chi connectivity index (χ1n) is 3.21. The Morgan fingerprint density at radius 1 is 1.55 bits per heavy atom. The minimum absolute atomic E-state index is 0.740. The summed E-state index contributed by atoms with van der Waals surface area (Å²) < 4.78 is 6.08. The Morgan fingerprint density at radius 3 is 2.82 bits per heavy atom. The zero-order valence-corrected chi connectivity index (χ0v) is 8.65. The largest absolute Gasteiger partial charge is 0.496 e. The smallest absolute Gasteiger partial charge is 0.133 e. The first kappa shape index (κ1) is 8.94. The molecule has 0 bridgehead atoms. The highest BCUT2D eigenvalue weighted by molar-refractivity contribution is 9.10. The topological polar surface area (TPSA) is 9.23 Å². The van der Waals surface area contributed by atoms with E-state index >= 15 is 0 Å². The van der Waals surface area contributed by atoms with Crippen LogP contribution < -0.4 is 4.74 Å². The Labute approximate surface area is 80.3 Å². The molecule has 0 N–H and O–H groups in total. The third kappa shape index (κ3) is 2.14. The number of hydrogen-bond acceptors (Lipinski definition) is 2. The predicted molar refractivity (Wildman–Crippen MR) is 53.4 cm³/mol. The molecule has 0 unspecified atom stereocenters. The highest BCUT2D eigenvalue weighted by Gasteiger charge is 1.99. The van der Waals surface area contributed by atoms with Crippen molar-refractivity contribution in [3.05, 3.63) is 28.2 Å². The molecular weight excluding hydrogens is 224 g/mol. The molecule has 3 heteroatoms. The SMILES string of the molecule is COc1cc(CS)ccc1Br. The van der Waals surface area contributed by atoms with Gasteiger partial charge in [0.15, 0.2) is 0 Å². The summed E-state index contributed by atoms with van der Waals surface area (Å²) in [5.74, 6) is 1.60. The van der Waals surface area contributed by atoms with Crippen LogP contribution in [0.15, 0.2) is 22.7 Å². The zero-order chi connectivity index (χ0) is 8.27. The Balaban J connectivity index is 3.02. The number of methoxy groups -OCH3 is 1. The fourth-order valence-corrected chi connectivity index (χ4v) is 1.41. The number of halogens is 1. The summed E-state index contributed by atoms with van der Waals surface area (Å²) in [6.45, 7) is 0. The minimum Gasteiger partial charge on any atom is -0.496 e. The van der Waals surface area contributed by atoms with Gasteiger partial charge in [-0.3, -0.25) is 0 Å². The van der Waals surface area contributed by atoms with Gasteiger partial charge in [0.1, 0.15) is 5.75 Å². The number of ether oxygens (including phenoxy) is 1. The molecule has 0 amide bonds. The van der Waals surface area contributed by atoms with Crippen LogP contribution in [0.25, 0.3) is 0 Å². The van der Waals surface area contributed by atoms with Crippen molar-refractivity contribution in [3.8, 4) is 5.75 Å². The predicted octanol–water partition coefficient (Wildman–Crippen LogP) is 2.89. The van der Waals surface area contributed by atoms with E-state index in [2.05, 4.69) is 28.6 Å². The molecule has 1 nitrogen and oxygen atoms in total. The molecule has 11 heavy (non-hydrogen) atoms. The maximum absolute atomic E-state index is 5.11. The highest BCUT2D eigenvalue weighted by atomic mass is 79.9. The molecule has 1 rings (SSSR count). The summed E-state index contributed by atoms with van der Waals surface area (Å²) in [4.78, 5) is 0. The van der Waals surface area contributed by atoms with E-state index in [1.54, 1.807) is 7.11 Å². The normalized spacial score (nSPS) is 9.73. The van der Waals surface area contributed by atoms with Gasteiger partial charge in [-0.25, -0.2) is 0 Å². The molecule has 0 fully saturated rings. The number of rotatable bonds is 2. The summed E-state index contributed by atoms with van der Waals surface area (Å²) in [5, 5.41) is 0. The summed E-state index contributed by atoms with van der Waals surface area (Å²) in [6.07, 6.45) is 0. The third-order valence-corrected chi connectivity index (χ3v) is 2.42. The van der Waals surface area contributed by atoms with Crippen LogP contribution in [0.1, 0.15) is 5.56 Å². The van der Waals surface area contributed by atoms with Crippen LogP contribution in [0.4, 0.5) is 0 Å². The molecule has 0 saturated heterocycles. The maximum Gasteiger partial charge on any atom is 0.133 e. The molecule has 0 aliphatic carbocycles. The van der Waals surface area contributed by atoms with Gasteiger partial charge >= 0.3 is 0 Å². The van der Waals surface area contributed by atoms with Gasteiger partial charge in [-0.2, -0.15) is 12.6 Å². The highest BCUT2D eigenvalue weighted by Crippen LogP contribution is 2.25. The van der Waals surface area contributed by atoms with Gasteiger partial charge < -0.3 is 4.74 Å². The first-order valence-corrected chi connectivity index (χ1v) is 4.63. The van der Waals surface area contributed by atoms with Gasteiger partial charge in [0.05, 0.1) is 11.6 Å². The van der Waals surface area contributed by atoms with Crippen molar-refractivity contribution in [1.82, 2.24) is 0 Å². The third-order valence-electron chi connectivity index (χ3n) is 1.40. The number of benzene rings is 1. The van der Waals surface area contributed by atoms with E-state index in [0.717, 1.165) is 21.5 Å². The summed E-state index contributed by atoms with van der Waals surface area (Å²) in [5.41, 5.74) is 1.16. The lowest BCUT2D eigenvalue weighted by Crippen LogP contribution is -1.86. The Bertz CT molecular complexity index is 250. The fourth-order valence-electron chi connectivity index (χ4n) is 0.803. The number of hydrogen-bond donors (Lipinski definition) is 1. The lowest BCUT2D eigenvalue weighted by molar-refractivity contribution is 0.412. The summed E-state index contributed by atoms with van der Waals surface area (Å²) in [7, 11) is 1.66. The summed E-state index contributed by atoms with van der Waals surface area (Å²) >= 11 is 7.53. The number of thiol groups is 1. The molecule has 0 atom stereocenters. The Kier molecular flexibility index (Phi) is 3.27. The second-order valence-electron chi connectivity index (χ2n) is 2.13. The fraction of sp³-hybridized carbons (Fsp3) is 0.250. The van der Waals surface area contributed by atoms with Gasteiger partial charge in [0, 0.05) is 5.75 Å². The van der Waals surface area contributed by atoms with Crippen LogP contribution in [0.3, 0.4) is 0 Å². The van der Waals surface area contributed by atoms with Crippen molar-refractivity contribution in [3.63, 3.8) is 0 Å². The van der Waals surface area contributed by atoms with Crippen LogP contribution in [-0.2, 0) is 5.75 Å². The molecule has 0 heterocycles. The second kappa shape index (κ2) is 4.02. The van der Waals surface area contributed by atoms with Crippen molar-refractivity contribution >= 4 is 28.6 Å². The standard InChI is InChI=1S/C8H9BrOS/c1-10-8-4-6(5-11)2-3-7(8)9/h2-4,11H,5H2,1H3. The molecule has 0 aromatic heterocycles. The van der Waals surface area contributed by atoms with E-state index in [-0.39, 0.29) is 0 Å². The van der Waals surface area contributed by atoms with Gasteiger partial charge in [-0.05, 0) is 33.6 Å². The molecule has 0 aliphatic heterocycles. The van der Waals surface area contributed by atoms with Crippen molar-refractivity contribution in [2.45, 2.75) is 5.75 Å². The molecule has 1 aromatic carbocycles. The second-order valence-corrected chi connectivity index (χ2v) is 3.30. The monoisotopic (exact) mass is 232 g/mol. The van der Waals surface area contributed by atoms with Crippen LogP contribution in [0.5, 0.6) is 5.75 Å². The van der Waals surface area contributed by atoms with Crippen molar-refractivity contribution in [1.29, 1.82) is 0 Å². The lowest BCUT2D eigenvalue weighted by atomic mass is 10.2. The Hall–Kier alpha value is -0.150. The van der Waals surface area contributed by atoms with Crippen molar-refractivity contribution < 1.29 is 4.74 Å². The Morgan fingerprint density at radius 2 is 2.27 bits per heavy atom. The van der Waals surface area contributed by atoms with Gasteiger partial charge in [0.25, 0.3) is 0 Å². The lowest BCUT2D eigenvalue weighted by Gasteiger charge is -2.03. The average molecular weight is 233 g/mol. The quantitative estimate of drug-likeness (QED) is 0.772. The maximum atomic E-state index is 5.11. The van der Waals surface area contributed by atoms with E-state index in [1.807, 2.05) is 18.2 Å². The van der Waals surface area contributed by atoms with Crippen LogP contribution in [-0.4, -0.2) is 7.11 Å². The zero-order valence-electron chi connectivity index (χ0n) is 6.17. The molecule has 0 radical (unpaired) electrons. The first-order chi connectivity index (χ1) is 5.27. The van der Waals surface area contributed by atoms with Crippen LogP contribution in [0, 0.1) is 0 Å². The minimum atomic E-state index is 0.740. The van der Waals surface area contributed by atoms with E-state index < -0.39 is 0 Å². The average Bonchev–Trinajstić information content (AvgIpc) is 2.05. The van der Waals surface area contributed by atoms with E-state index in [4.69, 9.17) is 4.74 Å². The molecule has 60 valence electrons. The van der Waals surface area contributed by atoms with Crippen LogP contribution >= 0.6 is 28.6 Å². The molecule has 0 aliphatic rings. The van der Waals surface area contributed by atoms with Gasteiger partial charge in [0.2, 0.25) is 0 Å².